The molecule has 4 rings (SSSR count). The van der Waals surface area contributed by atoms with Crippen LogP contribution in [0.15, 0.2) is 18.2 Å². The molecule has 9 heteroatoms. The van der Waals surface area contributed by atoms with Crippen molar-refractivity contribution in [3.05, 3.63) is 34.9 Å². The number of amides is 4. The van der Waals surface area contributed by atoms with Crippen LogP contribution in [0.1, 0.15) is 49.3 Å². The fourth-order valence-corrected chi connectivity index (χ4v) is 4.21. The molecule has 2 aliphatic heterocycles. The third-order valence-electron chi connectivity index (χ3n) is 6.29. The molecule has 6 nitrogen and oxygen atoms in total. The summed E-state index contributed by atoms with van der Waals surface area (Å²) in [5.74, 6) is -0.660. The first kappa shape index (κ1) is 18.8. The lowest BCUT2D eigenvalue weighted by molar-refractivity contribution is -0.137. The summed E-state index contributed by atoms with van der Waals surface area (Å²) in [6, 6.07) is 2.95. The molecule has 2 heterocycles. The van der Waals surface area contributed by atoms with Crippen molar-refractivity contribution >= 4 is 17.8 Å². The average molecular weight is 395 g/mol. The minimum atomic E-state index is -4.42. The zero-order valence-corrected chi connectivity index (χ0v) is 15.3. The first-order valence-corrected chi connectivity index (χ1v) is 9.14. The lowest BCUT2D eigenvalue weighted by Gasteiger charge is -2.33. The molecule has 4 amide bonds. The fourth-order valence-electron chi connectivity index (χ4n) is 4.21. The summed E-state index contributed by atoms with van der Waals surface area (Å²) in [5, 5.41) is 4.97. The Bertz CT molecular complexity index is 879. The van der Waals surface area contributed by atoms with E-state index < -0.39 is 29.2 Å². The number of nitrogens with zero attached hydrogens (tertiary/aromatic N) is 1. The number of carbonyl (C=O) groups is 3. The Morgan fingerprint density at radius 3 is 2.43 bits per heavy atom. The Hall–Kier alpha value is -2.58. The van der Waals surface area contributed by atoms with Gasteiger partial charge in [-0.3, -0.25) is 14.9 Å². The van der Waals surface area contributed by atoms with Gasteiger partial charge in [0.15, 0.2) is 0 Å². The SMILES string of the molecule is CC1([C@@]2(CCC(=O)N3Cc4ccc(C(F)(F)F)cc4C3)NC(=O)NC2=O)CC1. The number of alkyl halides is 3. The van der Waals surface area contributed by atoms with E-state index in [1.54, 1.807) is 0 Å². The smallest absolute Gasteiger partial charge is 0.334 e. The van der Waals surface area contributed by atoms with Crippen LogP contribution in [-0.2, 0) is 28.9 Å². The van der Waals surface area contributed by atoms with Crippen molar-refractivity contribution < 1.29 is 27.6 Å². The Balaban J connectivity index is 1.45. The van der Waals surface area contributed by atoms with Gasteiger partial charge in [0.05, 0.1) is 5.56 Å². The summed E-state index contributed by atoms with van der Waals surface area (Å²) in [7, 11) is 0. The predicted molar refractivity (Wildman–Crippen MR) is 91.7 cm³/mol. The highest BCUT2D eigenvalue weighted by Crippen LogP contribution is 2.56. The highest BCUT2D eigenvalue weighted by molar-refractivity contribution is 6.08. The van der Waals surface area contributed by atoms with Gasteiger partial charge in [-0.25, -0.2) is 4.79 Å². The molecule has 1 aliphatic carbocycles. The molecule has 2 fully saturated rings. The maximum absolute atomic E-state index is 12.9. The number of urea groups is 1. The molecule has 1 aromatic rings. The number of imide groups is 1. The van der Waals surface area contributed by atoms with Crippen molar-refractivity contribution in [1.82, 2.24) is 15.5 Å². The molecule has 0 spiro atoms. The zero-order chi connectivity index (χ0) is 20.3. The second-order valence-corrected chi connectivity index (χ2v) is 8.11. The van der Waals surface area contributed by atoms with Gasteiger partial charge in [-0.1, -0.05) is 13.0 Å². The van der Waals surface area contributed by atoms with E-state index in [1.807, 2.05) is 6.92 Å². The first-order valence-electron chi connectivity index (χ1n) is 9.14. The van der Waals surface area contributed by atoms with E-state index in [4.69, 9.17) is 0 Å². The number of rotatable bonds is 4. The lowest BCUT2D eigenvalue weighted by atomic mass is 9.78. The molecule has 0 unspecified atom stereocenters. The van der Waals surface area contributed by atoms with Crippen LogP contribution in [0, 0.1) is 5.41 Å². The van der Waals surface area contributed by atoms with Gasteiger partial charge in [0.2, 0.25) is 5.91 Å². The van der Waals surface area contributed by atoms with Gasteiger partial charge < -0.3 is 10.2 Å². The van der Waals surface area contributed by atoms with Gasteiger partial charge in [-0.05, 0) is 47.9 Å². The highest BCUT2D eigenvalue weighted by atomic mass is 19.4. The molecule has 0 radical (unpaired) electrons. The van der Waals surface area contributed by atoms with Crippen LogP contribution >= 0.6 is 0 Å². The van der Waals surface area contributed by atoms with Crippen molar-refractivity contribution in [2.75, 3.05) is 0 Å². The van der Waals surface area contributed by atoms with Gasteiger partial charge >= 0.3 is 12.2 Å². The molecule has 150 valence electrons. The first-order chi connectivity index (χ1) is 13.0. The van der Waals surface area contributed by atoms with Crippen molar-refractivity contribution in [1.29, 1.82) is 0 Å². The molecule has 1 saturated heterocycles. The molecule has 0 bridgehead atoms. The third kappa shape index (κ3) is 2.93. The maximum Gasteiger partial charge on any atom is 0.416 e. The van der Waals surface area contributed by atoms with E-state index in [-0.39, 0.29) is 37.3 Å². The van der Waals surface area contributed by atoms with Crippen molar-refractivity contribution in [3.8, 4) is 0 Å². The Labute approximate surface area is 159 Å². The van der Waals surface area contributed by atoms with Gasteiger partial charge in [0.1, 0.15) is 5.54 Å². The third-order valence-corrected chi connectivity index (χ3v) is 6.29. The molecule has 3 aliphatic rings. The number of nitrogens with one attached hydrogen (secondary N) is 2. The fraction of sp³-hybridized carbons (Fsp3) is 0.526. The number of fused-ring (bicyclic) bond motifs is 1. The maximum atomic E-state index is 12.9. The van der Waals surface area contributed by atoms with Crippen LogP contribution in [0.5, 0.6) is 0 Å². The van der Waals surface area contributed by atoms with E-state index in [0.29, 0.717) is 11.1 Å². The van der Waals surface area contributed by atoms with Gasteiger partial charge in [-0.2, -0.15) is 13.2 Å². The zero-order valence-electron chi connectivity index (χ0n) is 15.3. The van der Waals surface area contributed by atoms with Crippen molar-refractivity contribution in [3.63, 3.8) is 0 Å². The number of carbonyl (C=O) groups excluding carboxylic acids is 3. The summed E-state index contributed by atoms with van der Waals surface area (Å²) in [4.78, 5) is 38.3. The largest absolute Gasteiger partial charge is 0.416 e. The normalized spacial score (nSPS) is 25.4. The second kappa shape index (κ2) is 5.96. The Morgan fingerprint density at radius 2 is 1.86 bits per heavy atom. The predicted octanol–water partition coefficient (Wildman–Crippen LogP) is 2.71. The summed E-state index contributed by atoms with van der Waals surface area (Å²) in [5.41, 5.74) is -1.03. The van der Waals surface area contributed by atoms with E-state index in [2.05, 4.69) is 10.6 Å². The van der Waals surface area contributed by atoms with Crippen LogP contribution in [0.4, 0.5) is 18.0 Å². The summed E-state index contributed by atoms with van der Waals surface area (Å²) in [6.45, 7) is 2.27. The van der Waals surface area contributed by atoms with Crippen LogP contribution in [0.3, 0.4) is 0 Å². The Kier molecular flexibility index (Phi) is 3.99. The topological polar surface area (TPSA) is 78.5 Å². The summed E-state index contributed by atoms with van der Waals surface area (Å²) in [6.07, 6.45) is -2.66. The average Bonchev–Trinajstić information content (AvgIpc) is 3.11. The molecule has 2 N–H and O–H groups in total. The molecular formula is C19H20F3N3O3. The van der Waals surface area contributed by atoms with Crippen LogP contribution in [-0.4, -0.2) is 28.3 Å². The van der Waals surface area contributed by atoms with Crippen LogP contribution < -0.4 is 10.6 Å². The number of halogens is 3. The minimum absolute atomic E-state index is 0.0312. The van der Waals surface area contributed by atoms with E-state index >= 15 is 0 Å². The number of hydrogen-bond acceptors (Lipinski definition) is 3. The van der Waals surface area contributed by atoms with E-state index in [1.165, 1.54) is 11.0 Å². The van der Waals surface area contributed by atoms with Gasteiger partial charge in [0, 0.05) is 19.5 Å². The van der Waals surface area contributed by atoms with Crippen LogP contribution in [0.2, 0.25) is 0 Å². The minimum Gasteiger partial charge on any atom is -0.334 e. The summed E-state index contributed by atoms with van der Waals surface area (Å²) >= 11 is 0. The van der Waals surface area contributed by atoms with E-state index in [9.17, 15) is 27.6 Å². The highest BCUT2D eigenvalue weighted by Gasteiger charge is 2.63. The van der Waals surface area contributed by atoms with Gasteiger partial charge in [0.25, 0.3) is 5.91 Å². The van der Waals surface area contributed by atoms with Crippen molar-refractivity contribution in [2.45, 2.75) is 57.4 Å². The quantitative estimate of drug-likeness (QED) is 0.770. The molecule has 28 heavy (non-hydrogen) atoms. The second-order valence-electron chi connectivity index (χ2n) is 8.11. The lowest BCUT2D eigenvalue weighted by Crippen LogP contribution is -2.54. The molecule has 1 saturated carbocycles. The number of benzene rings is 1. The molecule has 0 aromatic heterocycles. The molecule has 1 atom stereocenters. The molecular weight excluding hydrogens is 375 g/mol. The van der Waals surface area contributed by atoms with Crippen LogP contribution in [0.25, 0.3) is 0 Å². The van der Waals surface area contributed by atoms with E-state index in [0.717, 1.165) is 25.0 Å². The standard InChI is InChI=1S/C19H20F3N3O3/c1-17(6-7-17)18(15(27)23-16(28)24-18)5-4-14(26)25-9-11-2-3-13(19(20,21)22)8-12(11)10-25/h2-3,8H,4-7,9-10H2,1H3,(H2,23,24,27,28)/t18-/m0/s1. The van der Waals surface area contributed by atoms with Gasteiger partial charge in [-0.15, -0.1) is 0 Å². The summed E-state index contributed by atoms with van der Waals surface area (Å²) < 4.78 is 38.6. The Morgan fingerprint density at radius 1 is 1.18 bits per heavy atom. The number of hydrogen-bond donors (Lipinski definition) is 2. The molecule has 1 aromatic carbocycles. The van der Waals surface area contributed by atoms with Crippen molar-refractivity contribution in [2.24, 2.45) is 5.41 Å². The monoisotopic (exact) mass is 395 g/mol.